The molecule has 0 aliphatic carbocycles. The maximum atomic E-state index is 5.74. The van der Waals surface area contributed by atoms with E-state index in [0.717, 1.165) is 28.1 Å². The van der Waals surface area contributed by atoms with Crippen LogP contribution in [0.2, 0.25) is 0 Å². The maximum absolute atomic E-state index is 5.74. The highest BCUT2D eigenvalue weighted by Gasteiger charge is 2.33. The van der Waals surface area contributed by atoms with Gasteiger partial charge in [0.1, 0.15) is 5.75 Å². The van der Waals surface area contributed by atoms with E-state index in [0.29, 0.717) is 23.4 Å². The lowest BCUT2D eigenvalue weighted by Crippen LogP contribution is -2.45. The topological polar surface area (TPSA) is 63.4 Å². The molecule has 0 saturated carbocycles. The Labute approximate surface area is 187 Å². The third-order valence-electron chi connectivity index (χ3n) is 5.32. The molecule has 2 aromatic carbocycles. The summed E-state index contributed by atoms with van der Waals surface area (Å²) in [5.41, 5.74) is 4.97. The average Bonchev–Trinajstić information content (AvgIpc) is 3.26. The number of hydrogen-bond donors (Lipinski definition) is 1. The Morgan fingerprint density at radius 3 is 2.52 bits per heavy atom. The first kappa shape index (κ1) is 20.8. The third kappa shape index (κ3) is 4.09. The van der Waals surface area contributed by atoms with Crippen molar-refractivity contribution >= 4 is 22.9 Å². The second kappa shape index (κ2) is 8.73. The predicted octanol–water partition coefficient (Wildman–Crippen LogP) is 4.90. The van der Waals surface area contributed by atoms with Crippen molar-refractivity contribution in [2.75, 3.05) is 13.7 Å². The van der Waals surface area contributed by atoms with Crippen molar-refractivity contribution in [1.29, 1.82) is 0 Å². The summed E-state index contributed by atoms with van der Waals surface area (Å²) in [7, 11) is 1.64. The van der Waals surface area contributed by atoms with Gasteiger partial charge in [-0.05, 0) is 55.9 Å². The van der Waals surface area contributed by atoms with E-state index in [-0.39, 0.29) is 6.04 Å². The number of aromatic nitrogens is 2. The van der Waals surface area contributed by atoms with E-state index in [2.05, 4.69) is 48.2 Å². The number of allylic oxidation sites excluding steroid dienone is 1. The molecule has 0 spiro atoms. The van der Waals surface area contributed by atoms with Crippen LogP contribution < -0.4 is 10.1 Å². The van der Waals surface area contributed by atoms with Crippen LogP contribution in [-0.2, 0) is 0 Å². The number of nitrogens with zero attached hydrogens (tertiary/aromatic N) is 3. The molecule has 6 nitrogen and oxygen atoms in total. The Kier molecular flexibility index (Phi) is 5.86. The van der Waals surface area contributed by atoms with Crippen LogP contribution in [-0.4, -0.2) is 33.8 Å². The van der Waals surface area contributed by atoms with E-state index in [1.54, 1.807) is 7.11 Å². The summed E-state index contributed by atoms with van der Waals surface area (Å²) in [6.07, 6.45) is 1.82. The van der Waals surface area contributed by atoms with Crippen molar-refractivity contribution in [3.8, 4) is 17.1 Å². The second-order valence-corrected chi connectivity index (χ2v) is 7.73. The normalized spacial score (nSPS) is 16.3. The Balaban J connectivity index is 1.78. The lowest BCUT2D eigenvalue weighted by Gasteiger charge is -2.36. The van der Waals surface area contributed by atoms with Gasteiger partial charge < -0.3 is 19.5 Å². The number of nitrogens with one attached hydrogen (secondary N) is 1. The van der Waals surface area contributed by atoms with Crippen molar-refractivity contribution in [3.05, 3.63) is 83.9 Å². The van der Waals surface area contributed by atoms with Crippen LogP contribution in [0.15, 0.2) is 71.4 Å². The summed E-state index contributed by atoms with van der Waals surface area (Å²) >= 11 is 5.64. The van der Waals surface area contributed by atoms with E-state index in [4.69, 9.17) is 26.5 Å². The molecule has 31 heavy (non-hydrogen) atoms. The van der Waals surface area contributed by atoms with Crippen LogP contribution in [0.4, 0.5) is 0 Å². The molecule has 7 heteroatoms. The molecule has 1 aliphatic heterocycles. The molecule has 0 amide bonds. The zero-order valence-corrected chi connectivity index (χ0v) is 18.6. The van der Waals surface area contributed by atoms with Crippen LogP contribution in [0.3, 0.4) is 0 Å². The summed E-state index contributed by atoms with van der Waals surface area (Å²) < 4.78 is 11.0. The molecule has 2 heterocycles. The van der Waals surface area contributed by atoms with Gasteiger partial charge in [0.15, 0.2) is 5.11 Å². The molecule has 0 radical (unpaired) electrons. The molecule has 0 fully saturated rings. The average molecular weight is 433 g/mol. The van der Waals surface area contributed by atoms with Gasteiger partial charge in [-0.15, -0.1) is 6.58 Å². The van der Waals surface area contributed by atoms with Gasteiger partial charge in [0, 0.05) is 17.8 Å². The molecule has 4 rings (SSSR count). The molecule has 1 aliphatic rings. The van der Waals surface area contributed by atoms with Gasteiger partial charge in [-0.2, -0.15) is 4.98 Å². The Morgan fingerprint density at radius 2 is 1.87 bits per heavy atom. The number of rotatable bonds is 6. The van der Waals surface area contributed by atoms with E-state index in [9.17, 15) is 0 Å². The summed E-state index contributed by atoms with van der Waals surface area (Å²) in [5, 5.41) is 8.30. The van der Waals surface area contributed by atoms with Crippen molar-refractivity contribution in [2.24, 2.45) is 0 Å². The highest BCUT2D eigenvalue weighted by molar-refractivity contribution is 7.80. The monoisotopic (exact) mass is 432 g/mol. The maximum Gasteiger partial charge on any atom is 0.258 e. The molecular weight excluding hydrogens is 408 g/mol. The quantitative estimate of drug-likeness (QED) is 0.439. The molecule has 1 aromatic heterocycles. The molecule has 158 valence electrons. The highest BCUT2D eigenvalue weighted by atomic mass is 32.1. The number of aryl methyl sites for hydroxylation is 1. The minimum absolute atomic E-state index is 0.196. The second-order valence-electron chi connectivity index (χ2n) is 7.34. The number of hydrogen-bond acceptors (Lipinski definition) is 5. The molecule has 0 bridgehead atoms. The summed E-state index contributed by atoms with van der Waals surface area (Å²) in [4.78, 5) is 6.70. The fourth-order valence-electron chi connectivity index (χ4n) is 3.61. The van der Waals surface area contributed by atoms with Crippen molar-refractivity contribution in [1.82, 2.24) is 20.4 Å². The highest BCUT2D eigenvalue weighted by Crippen LogP contribution is 2.37. The van der Waals surface area contributed by atoms with Gasteiger partial charge in [0.2, 0.25) is 5.82 Å². The van der Waals surface area contributed by atoms with Gasteiger partial charge in [0.25, 0.3) is 5.89 Å². The zero-order chi connectivity index (χ0) is 22.0. The number of methoxy groups -OCH3 is 1. The Hall–Kier alpha value is -3.45. The third-order valence-corrected chi connectivity index (χ3v) is 5.66. The van der Waals surface area contributed by atoms with Gasteiger partial charge in [-0.25, -0.2) is 0 Å². The fourth-order valence-corrected chi connectivity index (χ4v) is 3.94. The summed E-state index contributed by atoms with van der Waals surface area (Å²) in [6, 6.07) is 15.7. The first-order valence-corrected chi connectivity index (χ1v) is 10.4. The van der Waals surface area contributed by atoms with E-state index < -0.39 is 0 Å². The fraction of sp³-hybridized carbons (Fsp3) is 0.208. The van der Waals surface area contributed by atoms with Gasteiger partial charge in [-0.1, -0.05) is 41.1 Å². The molecule has 1 N–H and O–H groups in total. The lowest BCUT2D eigenvalue weighted by atomic mass is 9.94. The molecular formula is C24H24N4O2S. The van der Waals surface area contributed by atoms with E-state index in [1.807, 2.05) is 42.2 Å². The van der Waals surface area contributed by atoms with Crippen LogP contribution in [0.1, 0.15) is 30.0 Å². The van der Waals surface area contributed by atoms with Gasteiger partial charge in [-0.3, -0.25) is 0 Å². The summed E-state index contributed by atoms with van der Waals surface area (Å²) in [5.74, 6) is 1.75. The predicted molar refractivity (Wildman–Crippen MR) is 125 cm³/mol. The lowest BCUT2D eigenvalue weighted by molar-refractivity contribution is 0.399. The van der Waals surface area contributed by atoms with Crippen molar-refractivity contribution in [3.63, 3.8) is 0 Å². The SMILES string of the molecule is C=CCN1C(=S)NC(c2ccc(C)cc2)C(c2nc(-c3ccc(OC)cc3)no2)=C1C. The Morgan fingerprint density at radius 1 is 1.16 bits per heavy atom. The zero-order valence-electron chi connectivity index (χ0n) is 17.8. The standard InChI is InChI=1S/C24H24N4O2S/c1-5-14-28-16(3)20(21(25-24(28)31)17-8-6-15(2)7-9-17)23-26-22(27-30-23)18-10-12-19(29-4)13-11-18/h5-13,21H,1,14H2,2-4H3,(H,25,31). The number of ether oxygens (including phenoxy) is 1. The summed E-state index contributed by atoms with van der Waals surface area (Å²) in [6.45, 7) is 8.52. The number of benzene rings is 2. The largest absolute Gasteiger partial charge is 0.497 e. The number of thiocarbonyl (C=S) groups is 1. The van der Waals surface area contributed by atoms with E-state index in [1.165, 1.54) is 5.56 Å². The van der Waals surface area contributed by atoms with Crippen LogP contribution in [0.25, 0.3) is 17.0 Å². The molecule has 1 unspecified atom stereocenters. The molecule has 1 atom stereocenters. The molecule has 0 saturated heterocycles. The van der Waals surface area contributed by atoms with Crippen LogP contribution in [0, 0.1) is 6.92 Å². The van der Waals surface area contributed by atoms with Gasteiger partial charge in [0.05, 0.1) is 18.7 Å². The van der Waals surface area contributed by atoms with Crippen molar-refractivity contribution in [2.45, 2.75) is 19.9 Å². The van der Waals surface area contributed by atoms with Gasteiger partial charge >= 0.3 is 0 Å². The smallest absolute Gasteiger partial charge is 0.258 e. The van der Waals surface area contributed by atoms with E-state index >= 15 is 0 Å². The van der Waals surface area contributed by atoms with Crippen molar-refractivity contribution < 1.29 is 9.26 Å². The first-order valence-electron chi connectivity index (χ1n) is 9.96. The van der Waals surface area contributed by atoms with Crippen LogP contribution in [0.5, 0.6) is 5.75 Å². The minimum atomic E-state index is -0.196. The molecule has 3 aromatic rings. The van der Waals surface area contributed by atoms with Crippen LogP contribution >= 0.6 is 12.2 Å². The minimum Gasteiger partial charge on any atom is -0.497 e. The first-order chi connectivity index (χ1) is 15.0. The Bertz CT molecular complexity index is 1130.